The molecule has 0 radical (unpaired) electrons. The summed E-state index contributed by atoms with van der Waals surface area (Å²) >= 11 is 0. The first-order chi connectivity index (χ1) is 11.5. The molecule has 8 nitrogen and oxygen atoms in total. The van der Waals surface area contributed by atoms with Gasteiger partial charge in [-0.05, 0) is 41.5 Å². The molecule has 0 aliphatic rings. The Morgan fingerprint density at radius 3 is 2.48 bits per heavy atom. The van der Waals surface area contributed by atoms with E-state index in [-0.39, 0.29) is 0 Å². The molecule has 0 atom stereocenters. The normalized spacial score (nSPS) is 12.7. The number of hydrogen-bond acceptors (Lipinski definition) is 4. The van der Waals surface area contributed by atoms with Crippen molar-refractivity contribution in [1.29, 1.82) is 0 Å². The Morgan fingerprint density at radius 2 is 1.96 bits per heavy atom. The third kappa shape index (κ3) is 8.97. The Morgan fingerprint density at radius 1 is 1.28 bits per heavy atom. The molecular weight excluding hydrogens is 320 g/mol. The molecule has 1 rings (SSSR count). The van der Waals surface area contributed by atoms with Gasteiger partial charge in [-0.15, -0.1) is 0 Å². The fourth-order valence-electron chi connectivity index (χ4n) is 1.99. The number of hydrogen-bond donors (Lipinski definition) is 3. The number of carbonyl (C=O) groups excluding carboxylic acids is 1. The van der Waals surface area contributed by atoms with E-state index in [0.29, 0.717) is 19.0 Å². The van der Waals surface area contributed by atoms with E-state index in [1.54, 1.807) is 10.9 Å². The summed E-state index contributed by atoms with van der Waals surface area (Å²) in [6, 6.07) is 0. The second-order valence-electron chi connectivity index (χ2n) is 7.58. The summed E-state index contributed by atoms with van der Waals surface area (Å²) in [5.74, 6) is 0.686. The van der Waals surface area contributed by atoms with Crippen LogP contribution in [0.15, 0.2) is 17.4 Å². The molecule has 1 aromatic heterocycles. The molecule has 1 aromatic rings. The smallest absolute Gasteiger partial charge is 0.408 e. The molecule has 25 heavy (non-hydrogen) atoms. The number of carbonyl (C=O) groups is 1. The van der Waals surface area contributed by atoms with Crippen LogP contribution in [0.3, 0.4) is 0 Å². The van der Waals surface area contributed by atoms with E-state index in [2.05, 4.69) is 26.0 Å². The second-order valence-corrected chi connectivity index (χ2v) is 7.58. The van der Waals surface area contributed by atoms with Gasteiger partial charge in [-0.2, -0.15) is 5.10 Å². The third-order valence-electron chi connectivity index (χ3n) is 3.06. The molecule has 142 valence electrons. The summed E-state index contributed by atoms with van der Waals surface area (Å²) in [7, 11) is 1.88. The van der Waals surface area contributed by atoms with Crippen LogP contribution in [-0.4, -0.2) is 46.1 Å². The summed E-state index contributed by atoms with van der Waals surface area (Å²) in [5.41, 5.74) is 0.0198. The molecular formula is C17H32N6O2. The monoisotopic (exact) mass is 352 g/mol. The van der Waals surface area contributed by atoms with Gasteiger partial charge in [-0.1, -0.05) is 0 Å². The number of nitrogens with one attached hydrogen (secondary N) is 3. The highest BCUT2D eigenvalue weighted by Gasteiger charge is 2.24. The number of guanidine groups is 1. The minimum atomic E-state index is -0.520. The number of aliphatic imine (C=N–C) groups is 1. The van der Waals surface area contributed by atoms with Crippen molar-refractivity contribution in [2.45, 2.75) is 59.2 Å². The van der Waals surface area contributed by atoms with Crippen LogP contribution in [0.2, 0.25) is 0 Å². The first-order valence-electron chi connectivity index (χ1n) is 8.51. The minimum Gasteiger partial charge on any atom is -0.444 e. The van der Waals surface area contributed by atoms with Crippen molar-refractivity contribution in [2.24, 2.45) is 12.0 Å². The van der Waals surface area contributed by atoms with Gasteiger partial charge in [0, 0.05) is 31.9 Å². The van der Waals surface area contributed by atoms with Crippen LogP contribution in [0.4, 0.5) is 4.79 Å². The number of rotatable bonds is 6. The number of ether oxygens (including phenoxy) is 1. The van der Waals surface area contributed by atoms with Crippen LogP contribution >= 0.6 is 0 Å². The number of aryl methyl sites for hydroxylation is 1. The van der Waals surface area contributed by atoms with Crippen molar-refractivity contribution < 1.29 is 9.53 Å². The summed E-state index contributed by atoms with van der Waals surface area (Å²) in [6.07, 6.45) is 3.29. The van der Waals surface area contributed by atoms with Gasteiger partial charge < -0.3 is 20.7 Å². The van der Waals surface area contributed by atoms with Gasteiger partial charge >= 0.3 is 6.09 Å². The van der Waals surface area contributed by atoms with Crippen LogP contribution in [-0.2, 0) is 18.3 Å². The zero-order valence-corrected chi connectivity index (χ0v) is 16.4. The maximum absolute atomic E-state index is 11.9. The molecule has 0 aromatic carbocycles. The number of aromatic nitrogens is 2. The molecule has 0 spiro atoms. The lowest BCUT2D eigenvalue weighted by atomic mass is 10.1. The van der Waals surface area contributed by atoms with Gasteiger partial charge in [0.2, 0.25) is 0 Å². The quantitative estimate of drug-likeness (QED) is 0.536. The van der Waals surface area contributed by atoms with Crippen molar-refractivity contribution in [1.82, 2.24) is 25.7 Å². The molecule has 3 N–H and O–H groups in total. The first kappa shape index (κ1) is 20.8. The van der Waals surface area contributed by atoms with Gasteiger partial charge in [0.1, 0.15) is 5.60 Å². The number of nitrogens with zero attached hydrogens (tertiary/aromatic N) is 3. The van der Waals surface area contributed by atoms with Crippen molar-refractivity contribution in [2.75, 3.05) is 13.1 Å². The fraction of sp³-hybridized carbons (Fsp3) is 0.706. The van der Waals surface area contributed by atoms with Crippen LogP contribution in [0.5, 0.6) is 0 Å². The van der Waals surface area contributed by atoms with Crippen molar-refractivity contribution in [3.63, 3.8) is 0 Å². The summed E-state index contributed by atoms with van der Waals surface area (Å²) in [5, 5.41) is 13.4. The van der Waals surface area contributed by atoms with Crippen molar-refractivity contribution in [3.8, 4) is 0 Å². The summed E-state index contributed by atoms with van der Waals surface area (Å²) < 4.78 is 7.05. The third-order valence-corrected chi connectivity index (χ3v) is 3.06. The van der Waals surface area contributed by atoms with Gasteiger partial charge in [-0.3, -0.25) is 4.68 Å². The highest BCUT2D eigenvalue weighted by atomic mass is 16.6. The zero-order valence-electron chi connectivity index (χ0n) is 16.4. The molecule has 0 aliphatic heterocycles. The van der Waals surface area contributed by atoms with E-state index in [1.807, 2.05) is 54.8 Å². The Labute approximate surface area is 150 Å². The van der Waals surface area contributed by atoms with Gasteiger partial charge in [-0.25, -0.2) is 9.79 Å². The zero-order chi connectivity index (χ0) is 19.1. The van der Waals surface area contributed by atoms with Crippen LogP contribution < -0.4 is 16.0 Å². The highest BCUT2D eigenvalue weighted by Crippen LogP contribution is 2.09. The summed E-state index contributed by atoms with van der Waals surface area (Å²) in [6.45, 7) is 13.2. The predicted molar refractivity (Wildman–Crippen MR) is 99.5 cm³/mol. The molecule has 1 heterocycles. The Kier molecular flexibility index (Phi) is 7.26. The van der Waals surface area contributed by atoms with Gasteiger partial charge in [0.25, 0.3) is 0 Å². The molecule has 0 unspecified atom stereocenters. The Hall–Kier alpha value is -2.25. The van der Waals surface area contributed by atoms with E-state index >= 15 is 0 Å². The summed E-state index contributed by atoms with van der Waals surface area (Å²) in [4.78, 5) is 16.5. The van der Waals surface area contributed by atoms with Crippen LogP contribution in [0.1, 0.15) is 47.1 Å². The van der Waals surface area contributed by atoms with Crippen molar-refractivity contribution in [3.05, 3.63) is 18.0 Å². The lowest BCUT2D eigenvalue weighted by Crippen LogP contribution is -2.54. The fourth-order valence-corrected chi connectivity index (χ4v) is 1.99. The van der Waals surface area contributed by atoms with E-state index in [4.69, 9.17) is 4.74 Å². The van der Waals surface area contributed by atoms with E-state index in [9.17, 15) is 4.79 Å². The Bertz CT molecular complexity index is 586. The lowest BCUT2D eigenvalue weighted by molar-refractivity contribution is 0.0474. The molecule has 0 saturated carbocycles. The van der Waals surface area contributed by atoms with E-state index in [0.717, 1.165) is 12.1 Å². The standard InChI is InChI=1S/C17H32N6O2/c1-8-18-14(19-9-13-10-21-23(7)11-13)20-12-17(5,6)22-15(24)25-16(2,3)4/h10-11H,8-9,12H2,1-7H3,(H,22,24)(H2,18,19,20). The lowest BCUT2D eigenvalue weighted by Gasteiger charge is -2.29. The van der Waals surface area contributed by atoms with E-state index < -0.39 is 17.2 Å². The topological polar surface area (TPSA) is 92.6 Å². The van der Waals surface area contributed by atoms with Crippen LogP contribution in [0.25, 0.3) is 0 Å². The molecule has 0 fully saturated rings. The Balaban J connectivity index is 2.58. The maximum atomic E-state index is 11.9. The second kappa shape index (κ2) is 8.73. The van der Waals surface area contributed by atoms with E-state index in [1.165, 1.54) is 0 Å². The number of amides is 1. The molecule has 1 amide bonds. The first-order valence-corrected chi connectivity index (χ1v) is 8.51. The number of alkyl carbamates (subject to hydrolysis) is 1. The minimum absolute atomic E-state index is 0.434. The largest absolute Gasteiger partial charge is 0.444 e. The van der Waals surface area contributed by atoms with Crippen molar-refractivity contribution >= 4 is 12.1 Å². The average molecular weight is 352 g/mol. The van der Waals surface area contributed by atoms with Crippen LogP contribution in [0, 0.1) is 0 Å². The van der Waals surface area contributed by atoms with Gasteiger partial charge in [0.15, 0.2) is 5.96 Å². The molecule has 0 bridgehead atoms. The maximum Gasteiger partial charge on any atom is 0.408 e. The molecule has 8 heteroatoms. The highest BCUT2D eigenvalue weighted by molar-refractivity contribution is 5.80. The van der Waals surface area contributed by atoms with Gasteiger partial charge in [0.05, 0.1) is 18.3 Å². The average Bonchev–Trinajstić information content (AvgIpc) is 2.85. The SMILES string of the molecule is CCNC(=NCc1cnn(C)c1)NCC(C)(C)NC(=O)OC(C)(C)C. The molecule has 0 aliphatic carbocycles. The predicted octanol–water partition coefficient (Wildman–Crippen LogP) is 1.78. The molecule has 0 saturated heterocycles.